The maximum Gasteiger partial charge on any atom is 0.0572 e. The van der Waals surface area contributed by atoms with Gasteiger partial charge in [0.1, 0.15) is 0 Å². The average molecular weight is 201 g/mol. The van der Waals surface area contributed by atoms with Crippen molar-refractivity contribution in [3.63, 3.8) is 0 Å². The van der Waals surface area contributed by atoms with Gasteiger partial charge in [-0.15, -0.1) is 0 Å². The molecular formula is C12H27NO. The summed E-state index contributed by atoms with van der Waals surface area (Å²) >= 11 is 0. The first-order valence-electron chi connectivity index (χ1n) is 6.04. The number of ether oxygens (including phenoxy) is 1. The third-order valence-corrected chi connectivity index (χ3v) is 2.92. The Kier molecular flexibility index (Phi) is 9.42. The second-order valence-corrected chi connectivity index (χ2v) is 4.16. The van der Waals surface area contributed by atoms with Gasteiger partial charge in [-0.25, -0.2) is 0 Å². The van der Waals surface area contributed by atoms with Crippen LogP contribution in [-0.2, 0) is 4.74 Å². The van der Waals surface area contributed by atoms with Crippen LogP contribution in [-0.4, -0.2) is 19.3 Å². The number of rotatable bonds is 9. The van der Waals surface area contributed by atoms with Crippen molar-refractivity contribution >= 4 is 0 Å². The summed E-state index contributed by atoms with van der Waals surface area (Å²) in [5, 5.41) is 0. The Balaban J connectivity index is 3.18. The molecule has 0 bridgehead atoms. The van der Waals surface area contributed by atoms with Crippen LogP contribution < -0.4 is 5.73 Å². The Bertz CT molecular complexity index is 117. The van der Waals surface area contributed by atoms with E-state index in [1.54, 1.807) is 0 Å². The molecule has 2 unspecified atom stereocenters. The van der Waals surface area contributed by atoms with E-state index in [9.17, 15) is 0 Å². The molecular weight excluding hydrogens is 174 g/mol. The van der Waals surface area contributed by atoms with E-state index >= 15 is 0 Å². The molecule has 14 heavy (non-hydrogen) atoms. The molecule has 0 fully saturated rings. The van der Waals surface area contributed by atoms with E-state index in [0.717, 1.165) is 19.6 Å². The molecule has 0 aliphatic heterocycles. The molecule has 0 aliphatic rings. The Labute approximate surface area is 89.2 Å². The minimum Gasteiger partial charge on any atom is -0.378 e. The van der Waals surface area contributed by atoms with Gasteiger partial charge in [-0.3, -0.25) is 0 Å². The van der Waals surface area contributed by atoms with E-state index in [0.29, 0.717) is 12.0 Å². The first kappa shape index (κ1) is 13.9. The summed E-state index contributed by atoms with van der Waals surface area (Å²) in [7, 11) is 0. The molecule has 86 valence electrons. The van der Waals surface area contributed by atoms with Crippen LogP contribution in [0.15, 0.2) is 0 Å². The monoisotopic (exact) mass is 201 g/mol. The van der Waals surface area contributed by atoms with Crippen molar-refractivity contribution in [1.82, 2.24) is 0 Å². The number of hydrogen-bond donors (Lipinski definition) is 1. The van der Waals surface area contributed by atoms with Crippen LogP contribution >= 0.6 is 0 Å². The first-order valence-corrected chi connectivity index (χ1v) is 6.04. The SMILES string of the molecule is CCC(C)C(C)OCCCCCCN. The zero-order valence-corrected chi connectivity index (χ0v) is 10.1. The lowest BCUT2D eigenvalue weighted by Crippen LogP contribution is -2.18. The Morgan fingerprint density at radius 3 is 2.29 bits per heavy atom. The van der Waals surface area contributed by atoms with Crippen molar-refractivity contribution in [2.75, 3.05) is 13.2 Å². The fraction of sp³-hybridized carbons (Fsp3) is 1.00. The molecule has 2 atom stereocenters. The van der Waals surface area contributed by atoms with Crippen molar-refractivity contribution in [2.24, 2.45) is 11.7 Å². The van der Waals surface area contributed by atoms with Gasteiger partial charge in [-0.2, -0.15) is 0 Å². The molecule has 0 radical (unpaired) electrons. The van der Waals surface area contributed by atoms with Gasteiger partial charge >= 0.3 is 0 Å². The highest BCUT2D eigenvalue weighted by atomic mass is 16.5. The lowest BCUT2D eigenvalue weighted by Gasteiger charge is -2.18. The standard InChI is InChI=1S/C12H27NO/c1-4-11(2)12(3)14-10-8-6-5-7-9-13/h11-12H,4-10,13H2,1-3H3. The molecule has 0 heterocycles. The average Bonchev–Trinajstić information content (AvgIpc) is 2.21. The van der Waals surface area contributed by atoms with Gasteiger partial charge in [0.05, 0.1) is 6.10 Å². The molecule has 2 heteroatoms. The molecule has 0 aliphatic carbocycles. The highest BCUT2D eigenvalue weighted by molar-refractivity contribution is 4.58. The van der Waals surface area contributed by atoms with Gasteiger partial charge in [0.25, 0.3) is 0 Å². The highest BCUT2D eigenvalue weighted by Gasteiger charge is 2.09. The lowest BCUT2D eigenvalue weighted by molar-refractivity contribution is 0.0270. The van der Waals surface area contributed by atoms with Gasteiger partial charge in [0.2, 0.25) is 0 Å². The van der Waals surface area contributed by atoms with Crippen molar-refractivity contribution < 1.29 is 4.74 Å². The number of hydrogen-bond acceptors (Lipinski definition) is 2. The summed E-state index contributed by atoms with van der Waals surface area (Å²) in [6.45, 7) is 8.37. The minimum atomic E-state index is 0.412. The van der Waals surface area contributed by atoms with Crippen molar-refractivity contribution in [3.8, 4) is 0 Å². The van der Waals surface area contributed by atoms with Crippen LogP contribution in [0.3, 0.4) is 0 Å². The molecule has 0 aromatic carbocycles. The summed E-state index contributed by atoms with van der Waals surface area (Å²) in [5.74, 6) is 0.680. The molecule has 0 saturated carbocycles. The van der Waals surface area contributed by atoms with E-state index in [-0.39, 0.29) is 0 Å². The van der Waals surface area contributed by atoms with Crippen LogP contribution in [0.1, 0.15) is 52.9 Å². The zero-order chi connectivity index (χ0) is 10.8. The minimum absolute atomic E-state index is 0.412. The number of unbranched alkanes of at least 4 members (excludes halogenated alkanes) is 3. The van der Waals surface area contributed by atoms with Gasteiger partial charge in [-0.05, 0) is 32.2 Å². The smallest absolute Gasteiger partial charge is 0.0572 e. The van der Waals surface area contributed by atoms with Gasteiger partial charge in [-0.1, -0.05) is 33.1 Å². The molecule has 0 amide bonds. The molecule has 0 aromatic heterocycles. The predicted molar refractivity (Wildman–Crippen MR) is 62.4 cm³/mol. The fourth-order valence-electron chi connectivity index (χ4n) is 1.37. The first-order chi connectivity index (χ1) is 6.72. The summed E-state index contributed by atoms with van der Waals surface area (Å²) < 4.78 is 5.74. The van der Waals surface area contributed by atoms with Crippen LogP contribution in [0, 0.1) is 5.92 Å². The molecule has 0 aromatic rings. The van der Waals surface area contributed by atoms with Crippen LogP contribution in [0.5, 0.6) is 0 Å². The second kappa shape index (κ2) is 9.47. The second-order valence-electron chi connectivity index (χ2n) is 4.16. The lowest BCUT2D eigenvalue weighted by atomic mass is 10.0. The van der Waals surface area contributed by atoms with Crippen LogP contribution in [0.25, 0.3) is 0 Å². The normalized spacial score (nSPS) is 15.4. The Morgan fingerprint density at radius 2 is 1.71 bits per heavy atom. The van der Waals surface area contributed by atoms with E-state index in [4.69, 9.17) is 10.5 Å². The van der Waals surface area contributed by atoms with Crippen LogP contribution in [0.4, 0.5) is 0 Å². The van der Waals surface area contributed by atoms with E-state index in [1.807, 2.05) is 0 Å². The van der Waals surface area contributed by atoms with E-state index in [2.05, 4.69) is 20.8 Å². The van der Waals surface area contributed by atoms with Gasteiger partial charge in [0, 0.05) is 6.61 Å². The van der Waals surface area contributed by atoms with Gasteiger partial charge < -0.3 is 10.5 Å². The summed E-state index contributed by atoms with van der Waals surface area (Å²) in [6.07, 6.45) is 6.45. The molecule has 0 spiro atoms. The summed E-state index contributed by atoms with van der Waals surface area (Å²) in [6, 6.07) is 0. The third-order valence-electron chi connectivity index (χ3n) is 2.92. The zero-order valence-electron chi connectivity index (χ0n) is 10.1. The van der Waals surface area contributed by atoms with Crippen molar-refractivity contribution in [3.05, 3.63) is 0 Å². The molecule has 2 N–H and O–H groups in total. The maximum atomic E-state index is 5.74. The Morgan fingerprint density at radius 1 is 1.07 bits per heavy atom. The Hall–Kier alpha value is -0.0800. The van der Waals surface area contributed by atoms with E-state index < -0.39 is 0 Å². The molecule has 0 rings (SSSR count). The fourth-order valence-corrected chi connectivity index (χ4v) is 1.37. The number of nitrogens with two attached hydrogens (primary N) is 1. The van der Waals surface area contributed by atoms with Crippen molar-refractivity contribution in [2.45, 2.75) is 59.0 Å². The summed E-state index contributed by atoms with van der Waals surface area (Å²) in [5.41, 5.74) is 5.42. The summed E-state index contributed by atoms with van der Waals surface area (Å²) in [4.78, 5) is 0. The van der Waals surface area contributed by atoms with E-state index in [1.165, 1.54) is 25.7 Å². The predicted octanol–water partition coefficient (Wildman–Crippen LogP) is 2.96. The quantitative estimate of drug-likeness (QED) is 0.582. The van der Waals surface area contributed by atoms with Gasteiger partial charge in [0.15, 0.2) is 0 Å². The molecule has 0 saturated heterocycles. The maximum absolute atomic E-state index is 5.74. The highest BCUT2D eigenvalue weighted by Crippen LogP contribution is 2.11. The topological polar surface area (TPSA) is 35.2 Å². The largest absolute Gasteiger partial charge is 0.378 e. The van der Waals surface area contributed by atoms with Crippen molar-refractivity contribution in [1.29, 1.82) is 0 Å². The van der Waals surface area contributed by atoms with Crippen LogP contribution in [0.2, 0.25) is 0 Å². The third kappa shape index (κ3) is 7.34. The molecule has 2 nitrogen and oxygen atoms in total.